The lowest BCUT2D eigenvalue weighted by molar-refractivity contribution is -0.119. The van der Waals surface area contributed by atoms with E-state index in [1.165, 1.54) is 0 Å². The molecular formula is C22H24ClN5OS. The third-order valence-corrected chi connectivity index (χ3v) is 5.91. The molecule has 0 saturated carbocycles. The zero-order valence-corrected chi connectivity index (χ0v) is 18.5. The second kappa shape index (κ2) is 8.71. The first kappa shape index (κ1) is 20.8. The number of nitrogens with one attached hydrogen (secondary N) is 2. The van der Waals surface area contributed by atoms with Gasteiger partial charge in [-0.2, -0.15) is 0 Å². The van der Waals surface area contributed by atoms with E-state index in [4.69, 9.17) is 28.8 Å². The Morgan fingerprint density at radius 1 is 1.17 bits per heavy atom. The summed E-state index contributed by atoms with van der Waals surface area (Å²) in [5, 5.41) is 7.46. The SMILES string of the molecule is CN1CCC(NC(=S)NC2N=C(c3ccccc3)c3cc(Cl)ccc3N(C)C2=O)C1. The summed E-state index contributed by atoms with van der Waals surface area (Å²) in [5.74, 6) is -0.183. The van der Waals surface area contributed by atoms with Gasteiger partial charge in [-0.25, -0.2) is 4.99 Å². The second-order valence-electron chi connectivity index (χ2n) is 7.67. The summed E-state index contributed by atoms with van der Waals surface area (Å²) < 4.78 is 0. The Bertz CT molecular complexity index is 996. The summed E-state index contributed by atoms with van der Waals surface area (Å²) in [5.41, 5.74) is 3.18. The summed E-state index contributed by atoms with van der Waals surface area (Å²) >= 11 is 11.8. The number of benzodiazepines with no additional fused rings is 1. The second-order valence-corrected chi connectivity index (χ2v) is 8.52. The molecule has 8 heteroatoms. The van der Waals surface area contributed by atoms with Crippen LogP contribution in [0.4, 0.5) is 5.69 Å². The van der Waals surface area contributed by atoms with Crippen molar-refractivity contribution in [1.29, 1.82) is 0 Å². The number of nitrogens with zero attached hydrogens (tertiary/aromatic N) is 3. The predicted molar refractivity (Wildman–Crippen MR) is 126 cm³/mol. The molecule has 0 spiro atoms. The van der Waals surface area contributed by atoms with Crippen LogP contribution >= 0.6 is 23.8 Å². The molecule has 30 heavy (non-hydrogen) atoms. The fraction of sp³-hybridized carbons (Fsp3) is 0.318. The van der Waals surface area contributed by atoms with Crippen molar-refractivity contribution in [3.05, 3.63) is 64.7 Å². The van der Waals surface area contributed by atoms with Gasteiger partial charge in [-0.15, -0.1) is 0 Å². The van der Waals surface area contributed by atoms with Gasteiger partial charge in [0.25, 0.3) is 5.91 Å². The minimum atomic E-state index is -0.837. The number of thiocarbonyl (C=S) groups is 1. The highest BCUT2D eigenvalue weighted by molar-refractivity contribution is 7.80. The molecule has 1 fully saturated rings. The molecule has 2 aromatic carbocycles. The number of fused-ring (bicyclic) bond motifs is 1. The molecule has 1 saturated heterocycles. The Labute approximate surface area is 186 Å². The van der Waals surface area contributed by atoms with Crippen LogP contribution in [-0.4, -0.2) is 61.0 Å². The van der Waals surface area contributed by atoms with Crippen molar-refractivity contribution in [3.8, 4) is 0 Å². The minimum absolute atomic E-state index is 0.183. The Balaban J connectivity index is 1.68. The van der Waals surface area contributed by atoms with Gasteiger partial charge in [-0.3, -0.25) is 4.79 Å². The summed E-state index contributed by atoms with van der Waals surface area (Å²) in [4.78, 5) is 21.9. The van der Waals surface area contributed by atoms with Gasteiger partial charge in [0.15, 0.2) is 5.11 Å². The zero-order chi connectivity index (χ0) is 21.3. The summed E-state index contributed by atoms with van der Waals surface area (Å²) in [6.07, 6.45) is 0.176. The minimum Gasteiger partial charge on any atom is -0.359 e. The quantitative estimate of drug-likeness (QED) is 0.717. The molecular weight excluding hydrogens is 418 g/mol. The van der Waals surface area contributed by atoms with Gasteiger partial charge in [-0.05, 0) is 50.4 Å². The normalized spacial score (nSPS) is 21.6. The third kappa shape index (κ3) is 4.33. The third-order valence-electron chi connectivity index (χ3n) is 5.44. The Hall–Kier alpha value is -2.48. The molecule has 2 heterocycles. The molecule has 6 nitrogen and oxygen atoms in total. The maximum absolute atomic E-state index is 13.2. The van der Waals surface area contributed by atoms with Crippen LogP contribution in [0.3, 0.4) is 0 Å². The molecule has 0 aliphatic carbocycles. The first-order valence-electron chi connectivity index (χ1n) is 9.88. The van der Waals surface area contributed by atoms with Crippen molar-refractivity contribution in [2.45, 2.75) is 18.6 Å². The fourth-order valence-corrected chi connectivity index (χ4v) is 4.32. The molecule has 2 N–H and O–H groups in total. The van der Waals surface area contributed by atoms with Gasteiger partial charge in [-0.1, -0.05) is 41.9 Å². The number of halogens is 1. The molecule has 0 aromatic heterocycles. The molecule has 0 bridgehead atoms. The summed E-state index contributed by atoms with van der Waals surface area (Å²) in [6.45, 7) is 1.95. The Kier molecular flexibility index (Phi) is 6.04. The predicted octanol–water partition coefficient (Wildman–Crippen LogP) is 2.65. The van der Waals surface area contributed by atoms with E-state index in [9.17, 15) is 4.79 Å². The monoisotopic (exact) mass is 441 g/mol. The molecule has 2 aliphatic heterocycles. The standard InChI is InChI=1S/C22H24ClN5OS/c1-27-11-10-16(13-27)24-22(30)26-20-21(29)28(2)18-9-8-15(23)12-17(18)19(25-20)14-6-4-3-5-7-14/h3-9,12,16,20H,10-11,13H2,1-2H3,(H2,24,26,30). The van der Waals surface area contributed by atoms with Crippen molar-refractivity contribution in [3.63, 3.8) is 0 Å². The lowest BCUT2D eigenvalue weighted by atomic mass is 10.0. The lowest BCUT2D eigenvalue weighted by Crippen LogP contribution is -2.51. The van der Waals surface area contributed by atoms with E-state index in [0.29, 0.717) is 15.8 Å². The maximum Gasteiger partial charge on any atom is 0.272 e. The number of aliphatic imine (C=N–C) groups is 1. The molecule has 2 unspecified atom stereocenters. The first-order chi connectivity index (χ1) is 14.4. The number of carbonyl (C=O) groups excluding carboxylic acids is 1. The molecule has 0 radical (unpaired) electrons. The van der Waals surface area contributed by atoms with Crippen LogP contribution < -0.4 is 15.5 Å². The zero-order valence-electron chi connectivity index (χ0n) is 16.9. The molecule has 2 aliphatic rings. The highest BCUT2D eigenvalue weighted by Crippen LogP contribution is 2.29. The van der Waals surface area contributed by atoms with E-state index in [1.54, 1.807) is 18.0 Å². The van der Waals surface area contributed by atoms with E-state index in [-0.39, 0.29) is 11.9 Å². The van der Waals surface area contributed by atoms with Crippen LogP contribution in [-0.2, 0) is 4.79 Å². The lowest BCUT2D eigenvalue weighted by Gasteiger charge is -2.23. The number of amides is 1. The van der Waals surface area contributed by atoms with Crippen molar-refractivity contribution in [2.24, 2.45) is 4.99 Å². The number of hydrogen-bond donors (Lipinski definition) is 2. The van der Waals surface area contributed by atoms with Crippen LogP contribution in [0.2, 0.25) is 5.02 Å². The van der Waals surface area contributed by atoms with Crippen LogP contribution in [0.5, 0.6) is 0 Å². The van der Waals surface area contributed by atoms with Gasteiger partial charge in [0, 0.05) is 35.8 Å². The average Bonchev–Trinajstić information content (AvgIpc) is 3.11. The van der Waals surface area contributed by atoms with E-state index < -0.39 is 6.17 Å². The molecule has 156 valence electrons. The van der Waals surface area contributed by atoms with Gasteiger partial charge in [0.05, 0.1) is 11.4 Å². The van der Waals surface area contributed by atoms with Crippen molar-refractivity contribution in [1.82, 2.24) is 15.5 Å². The van der Waals surface area contributed by atoms with Crippen molar-refractivity contribution < 1.29 is 4.79 Å². The number of anilines is 1. The average molecular weight is 442 g/mol. The van der Waals surface area contributed by atoms with Gasteiger partial charge in [0.1, 0.15) is 0 Å². The summed E-state index contributed by atoms with van der Waals surface area (Å²) in [7, 11) is 3.83. The van der Waals surface area contributed by atoms with Crippen LogP contribution in [0.15, 0.2) is 53.5 Å². The van der Waals surface area contributed by atoms with Gasteiger partial charge >= 0.3 is 0 Å². The van der Waals surface area contributed by atoms with Gasteiger partial charge in [0.2, 0.25) is 6.17 Å². The highest BCUT2D eigenvalue weighted by Gasteiger charge is 2.31. The largest absolute Gasteiger partial charge is 0.359 e. The molecule has 2 atom stereocenters. The number of rotatable bonds is 3. The highest BCUT2D eigenvalue weighted by atomic mass is 35.5. The first-order valence-corrected chi connectivity index (χ1v) is 10.7. The fourth-order valence-electron chi connectivity index (χ4n) is 3.87. The van der Waals surface area contributed by atoms with Gasteiger partial charge < -0.3 is 20.4 Å². The van der Waals surface area contributed by atoms with Crippen LogP contribution in [0, 0.1) is 0 Å². The Morgan fingerprint density at radius 3 is 2.63 bits per heavy atom. The number of benzene rings is 2. The maximum atomic E-state index is 13.2. The van der Waals surface area contributed by atoms with Crippen molar-refractivity contribution in [2.75, 3.05) is 32.1 Å². The number of carbonyl (C=O) groups is 1. The topological polar surface area (TPSA) is 60.0 Å². The number of likely N-dealkylation sites (N-methyl/N-ethyl adjacent to an activating group) is 2. The Morgan fingerprint density at radius 2 is 1.93 bits per heavy atom. The smallest absolute Gasteiger partial charge is 0.272 e. The number of likely N-dealkylation sites (tertiary alicyclic amines) is 1. The number of hydrogen-bond acceptors (Lipinski definition) is 4. The van der Waals surface area contributed by atoms with E-state index in [2.05, 4.69) is 22.6 Å². The van der Waals surface area contributed by atoms with E-state index in [0.717, 1.165) is 36.3 Å². The van der Waals surface area contributed by atoms with E-state index in [1.807, 2.05) is 42.5 Å². The van der Waals surface area contributed by atoms with Crippen LogP contribution in [0.1, 0.15) is 17.5 Å². The van der Waals surface area contributed by atoms with E-state index >= 15 is 0 Å². The molecule has 4 rings (SSSR count). The molecule has 2 aromatic rings. The summed E-state index contributed by atoms with van der Waals surface area (Å²) in [6, 6.07) is 15.5. The van der Waals surface area contributed by atoms with Crippen LogP contribution in [0.25, 0.3) is 0 Å². The van der Waals surface area contributed by atoms with Crippen molar-refractivity contribution >= 4 is 46.2 Å². The molecule has 1 amide bonds.